The number of halogens is 3. The van der Waals surface area contributed by atoms with Crippen LogP contribution >= 0.6 is 11.6 Å². The van der Waals surface area contributed by atoms with Gasteiger partial charge in [0.25, 0.3) is 5.91 Å². The summed E-state index contributed by atoms with van der Waals surface area (Å²) >= 11 is 6.54. The maximum Gasteiger partial charge on any atom is 0.409 e. The number of oxazole rings is 1. The van der Waals surface area contributed by atoms with Gasteiger partial charge in [0.05, 0.1) is 22.8 Å². The highest BCUT2D eigenvalue weighted by Crippen LogP contribution is 2.39. The van der Waals surface area contributed by atoms with E-state index in [1.54, 1.807) is 24.4 Å². The maximum absolute atomic E-state index is 14.1. The Labute approximate surface area is 245 Å². The van der Waals surface area contributed by atoms with Crippen LogP contribution in [-0.2, 0) is 15.1 Å². The van der Waals surface area contributed by atoms with Crippen LogP contribution in [0.4, 0.5) is 13.6 Å². The standard InChI is InChI=1S/C30H26ClF2N5O4/c1-30(19-12-20(32)14-21(33)13-19)27(39)38(28(34)36-30)24(16-41-29(40)37(2)3)18-9-10-23(31)22(11-18)26-35-15-25(42-26)17-7-5-4-6-8-17/h4-15,24H,16H2,1-3H3,(H2,34,36)/t24-,30-/m1/s1. The summed E-state index contributed by atoms with van der Waals surface area (Å²) in [6.45, 7) is 1.08. The molecule has 0 aliphatic carbocycles. The van der Waals surface area contributed by atoms with Crippen LogP contribution in [0.5, 0.6) is 0 Å². The number of amides is 2. The highest BCUT2D eigenvalue weighted by atomic mass is 35.5. The number of rotatable bonds is 7. The van der Waals surface area contributed by atoms with Crippen molar-refractivity contribution in [2.75, 3.05) is 20.7 Å². The lowest BCUT2D eigenvalue weighted by Crippen LogP contribution is -2.46. The molecule has 42 heavy (non-hydrogen) atoms. The van der Waals surface area contributed by atoms with Crippen molar-refractivity contribution in [2.24, 2.45) is 10.7 Å². The molecule has 0 unspecified atom stereocenters. The average Bonchev–Trinajstić information content (AvgIpc) is 3.53. The largest absolute Gasteiger partial charge is 0.447 e. The highest BCUT2D eigenvalue weighted by Gasteiger charge is 2.49. The molecule has 0 bridgehead atoms. The van der Waals surface area contributed by atoms with Gasteiger partial charge in [0.15, 0.2) is 17.3 Å². The zero-order chi connectivity index (χ0) is 30.2. The van der Waals surface area contributed by atoms with Crippen molar-refractivity contribution in [1.82, 2.24) is 14.8 Å². The van der Waals surface area contributed by atoms with Crippen LogP contribution in [0.3, 0.4) is 0 Å². The van der Waals surface area contributed by atoms with Crippen molar-refractivity contribution in [1.29, 1.82) is 0 Å². The Morgan fingerprint density at radius 1 is 1.12 bits per heavy atom. The second-order valence-electron chi connectivity index (χ2n) is 10.00. The zero-order valence-electron chi connectivity index (χ0n) is 22.8. The third-order valence-electron chi connectivity index (χ3n) is 6.86. The second-order valence-corrected chi connectivity index (χ2v) is 10.4. The number of guanidine groups is 1. The summed E-state index contributed by atoms with van der Waals surface area (Å²) in [5.74, 6) is -1.89. The predicted octanol–water partition coefficient (Wildman–Crippen LogP) is 5.75. The van der Waals surface area contributed by atoms with Crippen molar-refractivity contribution < 1.29 is 27.5 Å². The molecule has 2 N–H and O–H groups in total. The van der Waals surface area contributed by atoms with Crippen molar-refractivity contribution in [3.8, 4) is 22.8 Å². The van der Waals surface area contributed by atoms with Gasteiger partial charge in [-0.2, -0.15) is 0 Å². The summed E-state index contributed by atoms with van der Waals surface area (Å²) in [5, 5.41) is 0.318. The van der Waals surface area contributed by atoms with E-state index in [-0.39, 0.29) is 24.0 Å². The zero-order valence-corrected chi connectivity index (χ0v) is 23.6. The van der Waals surface area contributed by atoms with Crippen LogP contribution < -0.4 is 5.73 Å². The van der Waals surface area contributed by atoms with Gasteiger partial charge < -0.3 is 19.8 Å². The first-order chi connectivity index (χ1) is 20.0. The minimum atomic E-state index is -1.74. The highest BCUT2D eigenvalue weighted by molar-refractivity contribution is 6.33. The lowest BCUT2D eigenvalue weighted by atomic mass is 9.91. The van der Waals surface area contributed by atoms with E-state index in [1.807, 2.05) is 30.3 Å². The number of nitrogens with zero attached hydrogens (tertiary/aromatic N) is 4. The summed E-state index contributed by atoms with van der Waals surface area (Å²) < 4.78 is 39.7. The van der Waals surface area contributed by atoms with Crippen LogP contribution in [0.2, 0.25) is 5.02 Å². The summed E-state index contributed by atoms with van der Waals surface area (Å²) in [6, 6.07) is 16.0. The molecule has 0 radical (unpaired) electrons. The molecule has 0 fully saturated rings. The van der Waals surface area contributed by atoms with E-state index in [2.05, 4.69) is 9.98 Å². The van der Waals surface area contributed by atoms with E-state index in [0.29, 0.717) is 28.0 Å². The molecular formula is C30H26ClF2N5O4. The van der Waals surface area contributed by atoms with Crippen LogP contribution in [-0.4, -0.2) is 53.4 Å². The molecule has 216 valence electrons. The van der Waals surface area contributed by atoms with Gasteiger partial charge in [-0.05, 0) is 42.3 Å². The first-order valence-corrected chi connectivity index (χ1v) is 13.2. The third kappa shape index (κ3) is 5.42. The molecule has 1 aliphatic heterocycles. The quantitative estimate of drug-likeness (QED) is 0.292. The number of ether oxygens (including phenoxy) is 1. The van der Waals surface area contributed by atoms with Crippen LogP contribution in [0, 0.1) is 11.6 Å². The number of carbonyl (C=O) groups is 2. The Bertz CT molecular complexity index is 1670. The van der Waals surface area contributed by atoms with Gasteiger partial charge in [-0.3, -0.25) is 9.69 Å². The fourth-order valence-corrected chi connectivity index (χ4v) is 4.84. The first kappa shape index (κ1) is 28.7. The summed E-state index contributed by atoms with van der Waals surface area (Å²) in [7, 11) is 3.02. The van der Waals surface area contributed by atoms with Crippen molar-refractivity contribution in [3.63, 3.8) is 0 Å². The molecule has 2 amide bonds. The first-order valence-electron chi connectivity index (χ1n) is 12.8. The maximum atomic E-state index is 14.1. The van der Waals surface area contributed by atoms with Crippen LogP contribution in [0.25, 0.3) is 22.8 Å². The van der Waals surface area contributed by atoms with Gasteiger partial charge in [0.1, 0.15) is 18.2 Å². The Morgan fingerprint density at radius 2 is 1.81 bits per heavy atom. The lowest BCUT2D eigenvalue weighted by Gasteiger charge is -2.30. The van der Waals surface area contributed by atoms with Crippen molar-refractivity contribution in [3.05, 3.63) is 101 Å². The SMILES string of the molecule is CN(C)C(=O)OC[C@H](c1ccc(Cl)c(-c2ncc(-c3ccccc3)o2)c1)N1C(=O)[C@@](C)(c2cc(F)cc(F)c2)N=C1N. The number of aromatic nitrogens is 1. The Hall–Kier alpha value is -4.77. The lowest BCUT2D eigenvalue weighted by molar-refractivity contribution is -0.133. The number of hydrogen-bond donors (Lipinski definition) is 1. The molecule has 0 saturated carbocycles. The van der Waals surface area contributed by atoms with Crippen LogP contribution in [0.15, 0.2) is 82.3 Å². The van der Waals surface area contributed by atoms with Gasteiger partial charge in [0, 0.05) is 25.7 Å². The van der Waals surface area contributed by atoms with Gasteiger partial charge in [-0.25, -0.2) is 23.6 Å². The molecule has 2 atom stereocenters. The average molecular weight is 594 g/mol. The fourth-order valence-electron chi connectivity index (χ4n) is 4.64. The molecule has 9 nitrogen and oxygen atoms in total. The van der Waals surface area contributed by atoms with E-state index in [1.165, 1.54) is 25.9 Å². The summed E-state index contributed by atoms with van der Waals surface area (Å²) in [6.07, 6.45) is 0.911. The molecule has 0 saturated heterocycles. The molecule has 12 heteroatoms. The topological polar surface area (TPSA) is 114 Å². The van der Waals surface area contributed by atoms with Gasteiger partial charge >= 0.3 is 6.09 Å². The normalized spacial score (nSPS) is 17.2. The van der Waals surface area contributed by atoms with E-state index in [0.717, 1.165) is 22.6 Å². The molecule has 2 heterocycles. The van der Waals surface area contributed by atoms with Gasteiger partial charge in [-0.1, -0.05) is 48.0 Å². The molecule has 3 aromatic carbocycles. The number of benzene rings is 3. The smallest absolute Gasteiger partial charge is 0.409 e. The van der Waals surface area contributed by atoms with E-state index < -0.39 is 35.2 Å². The molecule has 1 aliphatic rings. The summed E-state index contributed by atoms with van der Waals surface area (Å²) in [4.78, 5) is 37.3. The predicted molar refractivity (Wildman–Crippen MR) is 152 cm³/mol. The number of carbonyl (C=O) groups excluding carboxylic acids is 2. The minimum absolute atomic E-state index is 0.0236. The van der Waals surface area contributed by atoms with Crippen LogP contribution in [0.1, 0.15) is 24.1 Å². The third-order valence-corrected chi connectivity index (χ3v) is 7.19. The number of nitrogens with two attached hydrogens (primary N) is 1. The van der Waals surface area contributed by atoms with Gasteiger partial charge in [-0.15, -0.1) is 0 Å². The molecule has 0 spiro atoms. The van der Waals surface area contributed by atoms with E-state index >= 15 is 0 Å². The summed E-state index contributed by atoms with van der Waals surface area (Å²) in [5.41, 5.74) is 6.20. The van der Waals surface area contributed by atoms with E-state index in [4.69, 9.17) is 26.5 Å². The van der Waals surface area contributed by atoms with E-state index in [9.17, 15) is 18.4 Å². The minimum Gasteiger partial charge on any atom is -0.447 e. The number of aliphatic imine (C=N–C) groups is 1. The fraction of sp³-hybridized carbons (Fsp3) is 0.200. The molecular weight excluding hydrogens is 568 g/mol. The Balaban J connectivity index is 1.55. The molecule has 1 aromatic heterocycles. The Kier molecular flexibility index (Phi) is 7.70. The van der Waals surface area contributed by atoms with Crippen molar-refractivity contribution in [2.45, 2.75) is 18.5 Å². The van der Waals surface area contributed by atoms with Gasteiger partial charge in [0.2, 0.25) is 5.89 Å². The molecule has 4 aromatic rings. The Morgan fingerprint density at radius 3 is 2.48 bits per heavy atom. The van der Waals surface area contributed by atoms with Crippen molar-refractivity contribution >= 4 is 29.6 Å². The number of hydrogen-bond acceptors (Lipinski definition) is 7. The second kappa shape index (κ2) is 11.2. The molecule has 5 rings (SSSR count). The monoisotopic (exact) mass is 593 g/mol.